The van der Waals surface area contributed by atoms with Crippen LogP contribution in [-0.2, 0) is 16.9 Å². The number of rotatable bonds is 6. The molecule has 4 aromatic rings. The maximum absolute atomic E-state index is 13.5. The molecular weight excluding hydrogens is 466 g/mol. The number of carboxylic acid groups (broad SMARTS) is 1. The van der Waals surface area contributed by atoms with Gasteiger partial charge in [-0.1, -0.05) is 30.3 Å². The first-order valence-corrected chi connectivity index (χ1v) is 12.3. The van der Waals surface area contributed by atoms with Gasteiger partial charge in [0.05, 0.1) is 11.1 Å². The Kier molecular flexibility index (Phi) is 5.74. The van der Waals surface area contributed by atoms with Crippen molar-refractivity contribution in [1.82, 2.24) is 4.57 Å². The van der Waals surface area contributed by atoms with Crippen LogP contribution in [0.2, 0.25) is 0 Å². The van der Waals surface area contributed by atoms with Crippen molar-refractivity contribution in [1.29, 1.82) is 0 Å². The van der Waals surface area contributed by atoms with E-state index in [1.807, 2.05) is 62.3 Å². The van der Waals surface area contributed by atoms with Gasteiger partial charge in [-0.3, -0.25) is 0 Å². The van der Waals surface area contributed by atoms with Gasteiger partial charge in [0.25, 0.3) is 0 Å². The van der Waals surface area contributed by atoms with Crippen molar-refractivity contribution >= 4 is 34.2 Å². The van der Waals surface area contributed by atoms with Crippen molar-refractivity contribution < 1.29 is 19.4 Å². The normalized spacial score (nSPS) is 16.5. The van der Waals surface area contributed by atoms with Crippen molar-refractivity contribution in [3.63, 3.8) is 0 Å². The smallest absolute Gasteiger partial charge is 0.340 e. The number of carbonyl (C=O) groups excluding carboxylic acids is 1. The highest BCUT2D eigenvalue weighted by atomic mass is 16.6. The number of ether oxygens (including phenoxy) is 1. The Labute approximate surface area is 216 Å². The molecule has 0 aliphatic carbocycles. The van der Waals surface area contributed by atoms with Gasteiger partial charge in [0.2, 0.25) is 0 Å². The Balaban J connectivity index is 1.96. The molecule has 0 saturated heterocycles. The van der Waals surface area contributed by atoms with Crippen LogP contribution in [0.15, 0.2) is 60.7 Å². The quantitative estimate of drug-likeness (QED) is 0.366. The zero-order valence-electron chi connectivity index (χ0n) is 22.0. The van der Waals surface area contributed by atoms with Gasteiger partial charge >= 0.3 is 11.9 Å². The number of carboxylic acids is 1. The van der Waals surface area contributed by atoms with Gasteiger partial charge < -0.3 is 24.2 Å². The van der Waals surface area contributed by atoms with Crippen LogP contribution in [0.1, 0.15) is 50.0 Å². The number of anilines is 2. The van der Waals surface area contributed by atoms with E-state index in [9.17, 15) is 14.7 Å². The average Bonchev–Trinajstić information content (AvgIpc) is 3.33. The summed E-state index contributed by atoms with van der Waals surface area (Å²) in [5, 5.41) is 10.6. The number of carbonyl (C=O) groups is 2. The van der Waals surface area contributed by atoms with Crippen LogP contribution in [-0.4, -0.2) is 49.8 Å². The van der Waals surface area contributed by atoms with Crippen molar-refractivity contribution in [3.05, 3.63) is 94.2 Å². The highest BCUT2D eigenvalue weighted by molar-refractivity contribution is 6.01. The predicted octanol–water partition coefficient (Wildman–Crippen LogP) is 5.26. The summed E-state index contributed by atoms with van der Waals surface area (Å²) in [7, 11) is 7.92. The molecule has 0 spiro atoms. The van der Waals surface area contributed by atoms with E-state index >= 15 is 0 Å². The molecule has 0 fully saturated rings. The van der Waals surface area contributed by atoms with E-state index in [2.05, 4.69) is 36.6 Å². The lowest BCUT2D eigenvalue weighted by molar-refractivity contribution is 0.0255. The lowest BCUT2D eigenvalue weighted by Gasteiger charge is -2.34. The predicted molar refractivity (Wildman–Crippen MR) is 146 cm³/mol. The third-order valence-electron chi connectivity index (χ3n) is 7.37. The third kappa shape index (κ3) is 3.49. The Morgan fingerprint density at radius 2 is 1.68 bits per heavy atom. The van der Waals surface area contributed by atoms with Crippen molar-refractivity contribution in [2.75, 3.05) is 38.0 Å². The number of nitrogens with zero attached hydrogens (tertiary/aromatic N) is 3. The van der Waals surface area contributed by atoms with Crippen molar-refractivity contribution in [3.8, 4) is 0 Å². The molecule has 0 radical (unpaired) electrons. The second kappa shape index (κ2) is 8.69. The lowest BCUT2D eigenvalue weighted by Crippen LogP contribution is -2.32. The highest BCUT2D eigenvalue weighted by Gasteiger charge is 2.52. The maximum atomic E-state index is 13.5. The van der Waals surface area contributed by atoms with Crippen molar-refractivity contribution in [2.45, 2.75) is 26.0 Å². The van der Waals surface area contributed by atoms with Gasteiger partial charge in [-0.15, -0.1) is 0 Å². The Hall–Kier alpha value is -4.26. The monoisotopic (exact) mass is 497 g/mol. The van der Waals surface area contributed by atoms with Crippen LogP contribution in [0.4, 0.5) is 11.4 Å². The van der Waals surface area contributed by atoms with Gasteiger partial charge in [-0.05, 0) is 44.2 Å². The first-order valence-electron chi connectivity index (χ1n) is 12.3. The van der Waals surface area contributed by atoms with Gasteiger partial charge in [-0.2, -0.15) is 0 Å². The van der Waals surface area contributed by atoms with E-state index in [0.717, 1.165) is 45.6 Å². The van der Waals surface area contributed by atoms with E-state index < -0.39 is 17.5 Å². The summed E-state index contributed by atoms with van der Waals surface area (Å²) in [5.74, 6) is -1.62. The standard InChI is InChI=1S/C30H31N3O4/c1-7-33-18(2)27(21-10-8-9-11-25(21)33)30(24-15-13-20(31(3)4)17-26(24)32(5)6)23-14-12-19(28(34)35)16-22(23)29(36)37-30/h8-17H,7H2,1-6H3,(H,34,35). The summed E-state index contributed by atoms with van der Waals surface area (Å²) in [5.41, 5.74) is 5.38. The average molecular weight is 498 g/mol. The second-order valence-electron chi connectivity index (χ2n) is 9.85. The zero-order valence-corrected chi connectivity index (χ0v) is 22.0. The molecule has 2 heterocycles. The summed E-state index contributed by atoms with van der Waals surface area (Å²) < 4.78 is 8.71. The Morgan fingerprint density at radius 1 is 0.973 bits per heavy atom. The SMILES string of the molecule is CCn1c(C)c(C2(c3ccc(N(C)C)cc3N(C)C)OC(=O)c3cc(C(=O)O)ccc32)c2ccccc21. The van der Waals surface area contributed by atoms with Crippen molar-refractivity contribution in [2.24, 2.45) is 0 Å². The fourth-order valence-corrected chi connectivity index (χ4v) is 5.67. The number of esters is 1. The number of hydrogen-bond acceptors (Lipinski definition) is 5. The molecule has 7 nitrogen and oxygen atoms in total. The number of aromatic nitrogens is 1. The minimum absolute atomic E-state index is 0.0509. The van der Waals surface area contributed by atoms with Crippen LogP contribution < -0.4 is 9.80 Å². The molecule has 0 saturated carbocycles. The molecule has 190 valence electrons. The number of aromatic carboxylic acids is 1. The van der Waals surface area contributed by atoms with Gasteiger partial charge in [-0.25, -0.2) is 9.59 Å². The fourth-order valence-electron chi connectivity index (χ4n) is 5.67. The molecule has 0 bridgehead atoms. The van der Waals surface area contributed by atoms with E-state index in [1.165, 1.54) is 6.07 Å². The molecule has 1 aromatic heterocycles. The fraction of sp³-hybridized carbons (Fsp3) is 0.267. The number of fused-ring (bicyclic) bond motifs is 2. The van der Waals surface area contributed by atoms with E-state index in [1.54, 1.807) is 12.1 Å². The number of aryl methyl sites for hydroxylation is 1. The summed E-state index contributed by atoms with van der Waals surface area (Å²) in [6, 6.07) is 19.0. The van der Waals surface area contributed by atoms with Gasteiger partial charge in [0.1, 0.15) is 0 Å². The number of hydrogen-bond donors (Lipinski definition) is 1. The molecule has 1 aliphatic heterocycles. The summed E-state index contributed by atoms with van der Waals surface area (Å²) in [6.45, 7) is 4.91. The molecule has 1 unspecified atom stereocenters. The molecule has 7 heteroatoms. The number of cyclic esters (lactones) is 1. The van der Waals surface area contributed by atoms with E-state index in [0.29, 0.717) is 5.56 Å². The molecule has 5 rings (SSSR count). The van der Waals surface area contributed by atoms with Crippen LogP contribution >= 0.6 is 0 Å². The molecule has 37 heavy (non-hydrogen) atoms. The molecule has 1 atom stereocenters. The summed E-state index contributed by atoms with van der Waals surface area (Å²) >= 11 is 0. The molecule has 3 aromatic carbocycles. The zero-order chi connectivity index (χ0) is 26.6. The van der Waals surface area contributed by atoms with Gasteiger partial charge in [0.15, 0.2) is 5.60 Å². The second-order valence-corrected chi connectivity index (χ2v) is 9.85. The van der Waals surface area contributed by atoms with E-state index in [4.69, 9.17) is 4.74 Å². The molecular formula is C30H31N3O4. The van der Waals surface area contributed by atoms with Gasteiger partial charge in [0, 0.05) is 79.4 Å². The highest BCUT2D eigenvalue weighted by Crippen LogP contribution is 2.53. The first-order chi connectivity index (χ1) is 17.6. The minimum Gasteiger partial charge on any atom is -0.478 e. The summed E-state index contributed by atoms with van der Waals surface area (Å²) in [4.78, 5) is 29.4. The van der Waals surface area contributed by atoms with Crippen LogP contribution in [0.25, 0.3) is 10.9 Å². The van der Waals surface area contributed by atoms with Crippen LogP contribution in [0, 0.1) is 6.92 Å². The van der Waals surface area contributed by atoms with E-state index in [-0.39, 0.29) is 11.1 Å². The van der Waals surface area contributed by atoms with Crippen LogP contribution in [0.5, 0.6) is 0 Å². The molecule has 1 N–H and O–H groups in total. The largest absolute Gasteiger partial charge is 0.478 e. The van der Waals surface area contributed by atoms with Crippen LogP contribution in [0.3, 0.4) is 0 Å². The number of benzene rings is 3. The lowest BCUT2D eigenvalue weighted by atomic mass is 9.77. The minimum atomic E-state index is -1.27. The first kappa shape index (κ1) is 24.4. The maximum Gasteiger partial charge on any atom is 0.340 e. The molecule has 1 aliphatic rings. The Bertz CT molecular complexity index is 1570. The number of para-hydroxylation sites is 1. The third-order valence-corrected chi connectivity index (χ3v) is 7.37. The molecule has 0 amide bonds. The summed E-state index contributed by atoms with van der Waals surface area (Å²) in [6.07, 6.45) is 0. The topological polar surface area (TPSA) is 75.0 Å². The Morgan fingerprint density at radius 3 is 2.32 bits per heavy atom.